The van der Waals surface area contributed by atoms with Crippen LogP contribution in [0.15, 0.2) is 59.9 Å². The molecule has 0 aliphatic carbocycles. The number of carboxylic acid groups (broad SMARTS) is 1. The quantitative estimate of drug-likeness (QED) is 0.432. The second-order valence-electron chi connectivity index (χ2n) is 8.56. The monoisotopic (exact) mass is 465 g/mol. The molecule has 2 atom stereocenters. The maximum Gasteiger partial charge on any atom is 0.308 e. The fourth-order valence-corrected chi connectivity index (χ4v) is 5.56. The van der Waals surface area contributed by atoms with Crippen molar-refractivity contribution in [1.29, 1.82) is 0 Å². The molecule has 0 radical (unpaired) electrons. The van der Waals surface area contributed by atoms with Gasteiger partial charge in [-0.15, -0.1) is 11.8 Å². The second-order valence-corrected chi connectivity index (χ2v) is 9.67. The first kappa shape index (κ1) is 23.5. The molecule has 1 aliphatic rings. The van der Waals surface area contributed by atoms with Crippen molar-refractivity contribution >= 4 is 28.6 Å². The van der Waals surface area contributed by atoms with Gasteiger partial charge in [-0.25, -0.2) is 4.98 Å². The molecular weight excluding hydrogens is 434 g/mol. The molecule has 33 heavy (non-hydrogen) atoms. The third-order valence-electron chi connectivity index (χ3n) is 6.51. The van der Waals surface area contributed by atoms with Crippen molar-refractivity contribution in [3.05, 3.63) is 60.4 Å². The Morgan fingerprint density at radius 1 is 1.21 bits per heavy atom. The predicted octanol–water partition coefficient (Wildman–Crippen LogP) is 4.78. The summed E-state index contributed by atoms with van der Waals surface area (Å²) in [6.07, 6.45) is 7.42. The Hall–Kier alpha value is -2.64. The van der Waals surface area contributed by atoms with Crippen LogP contribution in [0.3, 0.4) is 0 Å². The van der Waals surface area contributed by atoms with Gasteiger partial charge in [0.15, 0.2) is 0 Å². The van der Waals surface area contributed by atoms with Crippen molar-refractivity contribution in [1.82, 2.24) is 14.9 Å². The molecule has 6 nitrogen and oxygen atoms in total. The van der Waals surface area contributed by atoms with Gasteiger partial charge in [-0.2, -0.15) is 0 Å². The van der Waals surface area contributed by atoms with Crippen LogP contribution in [0.4, 0.5) is 0 Å². The number of likely N-dealkylation sites (tertiary alicyclic amines) is 1. The van der Waals surface area contributed by atoms with Gasteiger partial charge in [-0.05, 0) is 80.1 Å². The smallest absolute Gasteiger partial charge is 0.308 e. The Kier molecular flexibility index (Phi) is 8.18. The van der Waals surface area contributed by atoms with Crippen molar-refractivity contribution in [3.63, 3.8) is 0 Å². The van der Waals surface area contributed by atoms with Crippen LogP contribution in [0.25, 0.3) is 10.9 Å². The summed E-state index contributed by atoms with van der Waals surface area (Å²) in [6, 6.07) is 13.9. The van der Waals surface area contributed by atoms with Crippen molar-refractivity contribution in [2.45, 2.75) is 30.7 Å². The Balaban J connectivity index is 1.29. The molecule has 2 unspecified atom stereocenters. The molecule has 0 amide bonds. The van der Waals surface area contributed by atoms with Crippen molar-refractivity contribution in [3.8, 4) is 5.75 Å². The van der Waals surface area contributed by atoms with E-state index >= 15 is 0 Å². The fourth-order valence-electron chi connectivity index (χ4n) is 4.69. The van der Waals surface area contributed by atoms with Gasteiger partial charge in [0.2, 0.25) is 0 Å². The number of methoxy groups -OCH3 is 1. The van der Waals surface area contributed by atoms with Crippen molar-refractivity contribution in [2.24, 2.45) is 11.8 Å². The van der Waals surface area contributed by atoms with E-state index in [0.717, 1.165) is 66.2 Å². The minimum atomic E-state index is -0.666. The molecule has 0 spiro atoms. The third-order valence-corrected chi connectivity index (χ3v) is 7.44. The first-order chi connectivity index (χ1) is 16.1. The van der Waals surface area contributed by atoms with Crippen LogP contribution < -0.4 is 4.74 Å². The Morgan fingerprint density at radius 3 is 2.91 bits per heavy atom. The molecule has 2 aromatic heterocycles. The van der Waals surface area contributed by atoms with Crippen LogP contribution >= 0.6 is 11.8 Å². The number of aryl methyl sites for hydroxylation is 1. The van der Waals surface area contributed by atoms with Crippen molar-refractivity contribution in [2.75, 3.05) is 32.5 Å². The van der Waals surface area contributed by atoms with Crippen LogP contribution in [0.5, 0.6) is 5.75 Å². The van der Waals surface area contributed by atoms with Crippen LogP contribution in [-0.4, -0.2) is 58.4 Å². The lowest BCUT2D eigenvalue weighted by Gasteiger charge is -2.36. The van der Waals surface area contributed by atoms with E-state index in [0.29, 0.717) is 6.54 Å². The lowest BCUT2D eigenvalue weighted by atomic mass is 9.81. The van der Waals surface area contributed by atoms with E-state index in [4.69, 9.17) is 4.74 Å². The molecule has 0 saturated carbocycles. The first-order valence-corrected chi connectivity index (χ1v) is 12.5. The SMILES string of the molecule is COc1ccc2nccc(CCCC3CCN(CCSc4ccccn4)CC3C(=O)O)c2c1. The predicted molar refractivity (Wildman–Crippen MR) is 132 cm³/mol. The molecule has 1 aliphatic heterocycles. The minimum absolute atomic E-state index is 0.227. The number of piperidine rings is 1. The van der Waals surface area contributed by atoms with Crippen LogP contribution in [0, 0.1) is 11.8 Å². The number of thioether (sulfide) groups is 1. The van der Waals surface area contributed by atoms with Crippen LogP contribution in [0.2, 0.25) is 0 Å². The molecule has 4 rings (SSSR count). The second kappa shape index (κ2) is 11.5. The summed E-state index contributed by atoms with van der Waals surface area (Å²) in [5.41, 5.74) is 2.21. The number of pyridine rings is 2. The van der Waals surface area contributed by atoms with E-state index in [9.17, 15) is 9.90 Å². The number of nitrogens with zero attached hydrogens (tertiary/aromatic N) is 3. The van der Waals surface area contributed by atoms with Gasteiger partial charge in [0.25, 0.3) is 0 Å². The number of aromatic nitrogens is 2. The number of rotatable bonds is 10. The van der Waals surface area contributed by atoms with Gasteiger partial charge in [0.1, 0.15) is 5.75 Å². The molecule has 1 N–H and O–H groups in total. The molecule has 1 saturated heterocycles. The zero-order valence-electron chi connectivity index (χ0n) is 19.0. The van der Waals surface area contributed by atoms with E-state index in [-0.39, 0.29) is 11.8 Å². The number of ether oxygens (including phenoxy) is 1. The van der Waals surface area contributed by atoms with E-state index in [1.165, 1.54) is 5.56 Å². The summed E-state index contributed by atoms with van der Waals surface area (Å²) < 4.78 is 5.38. The summed E-state index contributed by atoms with van der Waals surface area (Å²) in [7, 11) is 1.67. The molecule has 174 valence electrons. The maximum absolute atomic E-state index is 12.0. The Bertz CT molecular complexity index is 1060. The molecule has 1 aromatic carbocycles. The number of benzene rings is 1. The van der Waals surface area contributed by atoms with Gasteiger partial charge in [0.05, 0.1) is 23.6 Å². The molecule has 1 fully saturated rings. The zero-order chi connectivity index (χ0) is 23.0. The molecule has 3 heterocycles. The van der Waals surface area contributed by atoms with Gasteiger partial charge in [0, 0.05) is 36.6 Å². The highest BCUT2D eigenvalue weighted by molar-refractivity contribution is 7.99. The number of carboxylic acids is 1. The first-order valence-electron chi connectivity index (χ1n) is 11.5. The minimum Gasteiger partial charge on any atom is -0.497 e. The number of fused-ring (bicyclic) bond motifs is 1. The summed E-state index contributed by atoms with van der Waals surface area (Å²) in [6.45, 7) is 2.49. The van der Waals surface area contributed by atoms with Gasteiger partial charge in [-0.1, -0.05) is 6.07 Å². The standard InChI is InChI=1S/C26H31N3O3S/c1-32-21-8-9-24-22(17-21)19(10-13-27-24)5-4-6-20-11-14-29(18-23(20)26(30)31)15-16-33-25-7-2-3-12-28-25/h2-3,7-10,12-13,17,20,23H,4-6,11,14-16,18H2,1H3,(H,30,31). The molecule has 3 aromatic rings. The molecule has 0 bridgehead atoms. The average Bonchev–Trinajstić information content (AvgIpc) is 2.85. The number of carbonyl (C=O) groups is 1. The summed E-state index contributed by atoms with van der Waals surface area (Å²) in [4.78, 5) is 23.1. The Morgan fingerprint density at radius 2 is 2.12 bits per heavy atom. The lowest BCUT2D eigenvalue weighted by molar-refractivity contribution is -0.146. The van der Waals surface area contributed by atoms with E-state index < -0.39 is 5.97 Å². The average molecular weight is 466 g/mol. The fraction of sp³-hybridized carbons (Fsp3) is 0.423. The van der Waals surface area contributed by atoms with E-state index in [1.807, 2.05) is 42.6 Å². The number of hydrogen-bond donors (Lipinski definition) is 1. The summed E-state index contributed by atoms with van der Waals surface area (Å²) in [5.74, 6) is 1.02. The highest BCUT2D eigenvalue weighted by Crippen LogP contribution is 2.30. The van der Waals surface area contributed by atoms with Crippen LogP contribution in [-0.2, 0) is 11.2 Å². The van der Waals surface area contributed by atoms with Gasteiger partial charge < -0.3 is 14.7 Å². The Labute approximate surface area is 199 Å². The topological polar surface area (TPSA) is 75.5 Å². The highest BCUT2D eigenvalue weighted by Gasteiger charge is 2.33. The van der Waals surface area contributed by atoms with E-state index in [2.05, 4.69) is 20.9 Å². The van der Waals surface area contributed by atoms with Gasteiger partial charge >= 0.3 is 5.97 Å². The third kappa shape index (κ3) is 6.24. The van der Waals surface area contributed by atoms with Gasteiger partial charge in [-0.3, -0.25) is 9.78 Å². The highest BCUT2D eigenvalue weighted by atomic mass is 32.2. The maximum atomic E-state index is 12.0. The van der Waals surface area contributed by atoms with Crippen LogP contribution in [0.1, 0.15) is 24.8 Å². The van der Waals surface area contributed by atoms with E-state index in [1.54, 1.807) is 25.1 Å². The molecule has 7 heteroatoms. The summed E-state index contributed by atoms with van der Waals surface area (Å²) >= 11 is 1.73. The zero-order valence-corrected chi connectivity index (χ0v) is 19.8. The normalized spacial score (nSPS) is 18.9. The summed E-state index contributed by atoms with van der Waals surface area (Å²) in [5, 5.41) is 12.0. The van der Waals surface area contributed by atoms with Crippen molar-refractivity contribution < 1.29 is 14.6 Å². The largest absolute Gasteiger partial charge is 0.497 e. The number of aliphatic carboxylic acids is 1. The number of hydrogen-bond acceptors (Lipinski definition) is 6. The molecular formula is C26H31N3O3S. The lowest BCUT2D eigenvalue weighted by Crippen LogP contribution is -2.44.